The van der Waals surface area contributed by atoms with Crippen LogP contribution >= 0.6 is 0 Å². The van der Waals surface area contributed by atoms with Crippen LogP contribution < -0.4 is 0 Å². The molecule has 2 aromatic rings. The van der Waals surface area contributed by atoms with Crippen molar-refractivity contribution in [2.24, 2.45) is 0 Å². The highest BCUT2D eigenvalue weighted by molar-refractivity contribution is 7.95. The van der Waals surface area contributed by atoms with Gasteiger partial charge in [0.05, 0.1) is 6.61 Å². The van der Waals surface area contributed by atoms with E-state index in [0.29, 0.717) is 38.2 Å². The maximum absolute atomic E-state index is 13.2. The van der Waals surface area contributed by atoms with Crippen LogP contribution in [-0.4, -0.2) is 56.7 Å². The normalized spacial score (nSPS) is 22.0. The van der Waals surface area contributed by atoms with Gasteiger partial charge in [-0.05, 0) is 12.5 Å². The molecule has 1 amide bonds. The predicted octanol–water partition coefficient (Wildman–Crippen LogP) is 2.09. The Balaban J connectivity index is 1.48. The molecular weight excluding hydrogens is 394 g/mol. The molecule has 2 fully saturated rings. The van der Waals surface area contributed by atoms with E-state index in [2.05, 4.69) is 5.16 Å². The van der Waals surface area contributed by atoms with Crippen LogP contribution in [0.5, 0.6) is 0 Å². The number of piperidine rings is 1. The van der Waals surface area contributed by atoms with Crippen LogP contribution in [-0.2, 0) is 30.7 Å². The van der Waals surface area contributed by atoms with E-state index in [1.807, 2.05) is 35.2 Å². The molecule has 1 atom stereocenters. The van der Waals surface area contributed by atoms with Gasteiger partial charge in [0.1, 0.15) is 11.3 Å². The lowest BCUT2D eigenvalue weighted by atomic mass is 9.89. The zero-order valence-corrected chi connectivity index (χ0v) is 17.4. The second-order valence-electron chi connectivity index (χ2n) is 7.61. The first kappa shape index (κ1) is 20.2. The van der Waals surface area contributed by atoms with Gasteiger partial charge < -0.3 is 18.7 Å². The van der Waals surface area contributed by atoms with Crippen LogP contribution in [0.2, 0.25) is 0 Å². The number of ether oxygens (including phenoxy) is 1. The highest BCUT2D eigenvalue weighted by Gasteiger charge is 2.50. The molecule has 2 aliphatic heterocycles. The Morgan fingerprint density at radius 2 is 1.86 bits per heavy atom. The van der Waals surface area contributed by atoms with Crippen LogP contribution in [0.4, 0.5) is 0 Å². The van der Waals surface area contributed by atoms with E-state index in [-0.39, 0.29) is 29.7 Å². The molecule has 0 saturated carbocycles. The van der Waals surface area contributed by atoms with Crippen LogP contribution in [0.3, 0.4) is 0 Å². The summed E-state index contributed by atoms with van der Waals surface area (Å²) < 4.78 is 38.4. The van der Waals surface area contributed by atoms with E-state index in [0.717, 1.165) is 5.56 Å². The average molecular weight is 420 g/mol. The van der Waals surface area contributed by atoms with Crippen LogP contribution in [0.1, 0.15) is 29.9 Å². The lowest BCUT2D eigenvalue weighted by molar-refractivity contribution is -0.179. The van der Waals surface area contributed by atoms with Gasteiger partial charge >= 0.3 is 0 Å². The zero-order valence-electron chi connectivity index (χ0n) is 16.6. The third kappa shape index (κ3) is 3.63. The van der Waals surface area contributed by atoms with Gasteiger partial charge in [-0.2, -0.15) is 0 Å². The minimum atomic E-state index is -3.72. The molecule has 156 valence electrons. The topological polar surface area (TPSA) is 98.9 Å². The molecule has 0 bridgehead atoms. The first-order valence-corrected chi connectivity index (χ1v) is 11.2. The number of sulfonamides is 1. The number of amides is 1. The number of hydrogen-bond acceptors (Lipinski definition) is 6. The minimum absolute atomic E-state index is 0.0537. The van der Waals surface area contributed by atoms with Gasteiger partial charge in [-0.25, -0.2) is 0 Å². The van der Waals surface area contributed by atoms with Crippen LogP contribution in [0.15, 0.2) is 39.8 Å². The van der Waals surface area contributed by atoms with Crippen LogP contribution in [0.25, 0.3) is 0 Å². The van der Waals surface area contributed by atoms with Crippen molar-refractivity contribution in [3.05, 3.63) is 47.3 Å². The molecule has 4 rings (SSSR count). The molecule has 1 unspecified atom stereocenters. The summed E-state index contributed by atoms with van der Waals surface area (Å²) in [5.74, 6) is 0.226. The number of carbonyl (C=O) groups is 1. The quantitative estimate of drug-likeness (QED) is 0.704. The number of rotatable bonds is 4. The smallest absolute Gasteiger partial charge is 0.255 e. The van der Waals surface area contributed by atoms with Crippen molar-refractivity contribution in [3.63, 3.8) is 0 Å². The van der Waals surface area contributed by atoms with Gasteiger partial charge in [0.15, 0.2) is 16.2 Å². The molecule has 1 aromatic heterocycles. The van der Waals surface area contributed by atoms with E-state index in [1.165, 1.54) is 4.31 Å². The molecule has 1 aromatic carbocycles. The number of morpholine rings is 1. The van der Waals surface area contributed by atoms with E-state index in [4.69, 9.17) is 9.26 Å². The molecule has 0 N–H and O–H groups in total. The molecule has 0 aliphatic carbocycles. The molecule has 2 saturated heterocycles. The summed E-state index contributed by atoms with van der Waals surface area (Å²) in [6, 6.07) is 9.84. The predicted molar refractivity (Wildman–Crippen MR) is 104 cm³/mol. The Bertz CT molecular complexity index is 917. The molecule has 0 radical (unpaired) electrons. The molecule has 9 heteroatoms. The lowest BCUT2D eigenvalue weighted by Gasteiger charge is -2.45. The van der Waals surface area contributed by atoms with Gasteiger partial charge in [0, 0.05) is 45.9 Å². The summed E-state index contributed by atoms with van der Waals surface area (Å²) in [7, 11) is -3.72. The minimum Gasteiger partial charge on any atom is -0.593 e. The standard InChI is InChI=1S/C20H25N3O5S/c1-15-18(16(2)28-21-15)29(25,26)23-10-8-20(9-11-23)19(24)22(12-13-27-20)14-17-6-4-3-5-7-17/h3-7H,8-14H2,1-2H3. The van der Waals surface area contributed by atoms with Crippen LogP contribution in [0, 0.1) is 13.8 Å². The van der Waals surface area contributed by atoms with Crippen molar-refractivity contribution >= 4 is 16.3 Å². The van der Waals surface area contributed by atoms with Gasteiger partial charge in [-0.3, -0.25) is 4.79 Å². The maximum Gasteiger partial charge on any atom is 0.255 e. The van der Waals surface area contributed by atoms with Gasteiger partial charge in [0.2, 0.25) is 4.90 Å². The number of aromatic nitrogens is 1. The first-order valence-electron chi connectivity index (χ1n) is 9.74. The van der Waals surface area contributed by atoms with Gasteiger partial charge in [-0.15, -0.1) is 4.31 Å². The molecule has 29 heavy (non-hydrogen) atoms. The third-order valence-corrected chi connectivity index (χ3v) is 7.87. The summed E-state index contributed by atoms with van der Waals surface area (Å²) in [6.45, 7) is 5.17. The van der Waals surface area contributed by atoms with Crippen molar-refractivity contribution in [1.82, 2.24) is 14.4 Å². The largest absolute Gasteiger partial charge is 0.593 e. The summed E-state index contributed by atoms with van der Waals surface area (Å²) in [5.41, 5.74) is 0.468. The summed E-state index contributed by atoms with van der Waals surface area (Å²) in [4.78, 5) is 15.1. The Morgan fingerprint density at radius 1 is 1.17 bits per heavy atom. The summed E-state index contributed by atoms with van der Waals surface area (Å²) in [6.07, 6.45) is 0.666. The zero-order chi connectivity index (χ0) is 20.6. The van der Waals surface area contributed by atoms with Gasteiger partial charge in [0.25, 0.3) is 5.91 Å². The molecule has 1 spiro atoms. The molecule has 3 heterocycles. The third-order valence-electron chi connectivity index (χ3n) is 5.73. The SMILES string of the molecule is Cc1noc(C)c1[S+](=O)([O-])N1CCC2(CC1)OCCN(Cc1ccccc1)C2=O. The van der Waals surface area contributed by atoms with E-state index >= 15 is 0 Å². The summed E-state index contributed by atoms with van der Waals surface area (Å²) in [5, 5.41) is 3.76. The Kier molecular flexibility index (Phi) is 5.32. The first-order chi connectivity index (χ1) is 13.8. The lowest BCUT2D eigenvalue weighted by Crippen LogP contribution is -2.61. The van der Waals surface area contributed by atoms with Crippen molar-refractivity contribution < 1.29 is 22.8 Å². The Morgan fingerprint density at radius 3 is 2.48 bits per heavy atom. The highest BCUT2D eigenvalue weighted by atomic mass is 32.3. The molecule has 8 nitrogen and oxygen atoms in total. The number of benzene rings is 1. The number of nitrogens with zero attached hydrogens (tertiary/aromatic N) is 3. The molecular formula is C20H25N3O5S. The van der Waals surface area contributed by atoms with Crippen molar-refractivity contribution in [2.75, 3.05) is 26.2 Å². The molecule has 2 aliphatic rings. The monoisotopic (exact) mass is 419 g/mol. The van der Waals surface area contributed by atoms with Crippen molar-refractivity contribution in [1.29, 1.82) is 0 Å². The Hall–Kier alpha value is -2.07. The fourth-order valence-corrected chi connectivity index (χ4v) is 5.91. The highest BCUT2D eigenvalue weighted by Crippen LogP contribution is 2.36. The second kappa shape index (κ2) is 7.64. The second-order valence-corrected chi connectivity index (χ2v) is 9.49. The van der Waals surface area contributed by atoms with Crippen molar-refractivity contribution in [3.8, 4) is 0 Å². The number of aryl methyl sites for hydroxylation is 2. The number of carbonyl (C=O) groups excluding carboxylic acids is 1. The Labute approximate surface area is 171 Å². The summed E-state index contributed by atoms with van der Waals surface area (Å²) >= 11 is 0. The number of hydrogen-bond donors (Lipinski definition) is 0. The van der Waals surface area contributed by atoms with E-state index < -0.39 is 16.0 Å². The van der Waals surface area contributed by atoms with E-state index in [1.54, 1.807) is 13.8 Å². The fraction of sp³-hybridized carbons (Fsp3) is 0.500. The van der Waals surface area contributed by atoms with E-state index in [9.17, 15) is 13.6 Å². The average Bonchev–Trinajstić information content (AvgIpc) is 3.06. The fourth-order valence-electron chi connectivity index (χ4n) is 4.18. The van der Waals surface area contributed by atoms with Crippen molar-refractivity contribution in [2.45, 2.75) is 43.7 Å². The van der Waals surface area contributed by atoms with Gasteiger partial charge in [-0.1, -0.05) is 39.7 Å². The maximum atomic E-state index is 13.2.